The first kappa shape index (κ1) is 19.5. The number of nitrogens with zero attached hydrogens (tertiary/aromatic N) is 2. The summed E-state index contributed by atoms with van der Waals surface area (Å²) in [5.74, 6) is -1.41. The lowest BCUT2D eigenvalue weighted by molar-refractivity contribution is -0.139. The quantitative estimate of drug-likeness (QED) is 0.574. The van der Waals surface area contributed by atoms with Gasteiger partial charge in [-0.05, 0) is 26.9 Å². The maximum Gasteiger partial charge on any atom is 0.317 e. The van der Waals surface area contributed by atoms with Crippen molar-refractivity contribution in [3.8, 4) is 0 Å². The minimum Gasteiger partial charge on any atom is -0.480 e. The minimum absolute atomic E-state index is 0.00106. The zero-order chi connectivity index (χ0) is 16.6. The molecule has 0 fully saturated rings. The van der Waals surface area contributed by atoms with Crippen LogP contribution in [0.5, 0.6) is 0 Å². The van der Waals surface area contributed by atoms with Gasteiger partial charge in [-0.1, -0.05) is 13.8 Å². The molecular weight excluding hydrogens is 274 g/mol. The maximum atomic E-state index is 12.0. The first-order valence-corrected chi connectivity index (χ1v) is 7.02. The molecule has 122 valence electrons. The fourth-order valence-electron chi connectivity index (χ4n) is 1.91. The van der Waals surface area contributed by atoms with Gasteiger partial charge < -0.3 is 15.3 Å². The van der Waals surface area contributed by atoms with Crippen LogP contribution in [0.25, 0.3) is 0 Å². The highest BCUT2D eigenvalue weighted by molar-refractivity contribution is 5.88. The van der Waals surface area contributed by atoms with Gasteiger partial charge in [0.1, 0.15) is 0 Å². The van der Waals surface area contributed by atoms with E-state index < -0.39 is 12.0 Å². The third-order valence-electron chi connectivity index (χ3n) is 3.01. The third-order valence-corrected chi connectivity index (χ3v) is 3.01. The van der Waals surface area contributed by atoms with Gasteiger partial charge in [0.15, 0.2) is 5.78 Å². The molecule has 0 aliphatic heterocycles. The van der Waals surface area contributed by atoms with E-state index in [-0.39, 0.29) is 30.7 Å². The van der Waals surface area contributed by atoms with Crippen molar-refractivity contribution in [3.05, 3.63) is 0 Å². The van der Waals surface area contributed by atoms with Gasteiger partial charge in [-0.3, -0.25) is 19.3 Å². The van der Waals surface area contributed by atoms with Crippen LogP contribution in [0.1, 0.15) is 20.8 Å². The van der Waals surface area contributed by atoms with Gasteiger partial charge >= 0.3 is 5.97 Å². The molecule has 2 N–H and O–H groups in total. The summed E-state index contributed by atoms with van der Waals surface area (Å²) >= 11 is 0. The summed E-state index contributed by atoms with van der Waals surface area (Å²) in [4.78, 5) is 37.8. The van der Waals surface area contributed by atoms with Crippen molar-refractivity contribution in [3.63, 3.8) is 0 Å². The topological polar surface area (TPSA) is 90.0 Å². The lowest BCUT2D eigenvalue weighted by atomic mass is 10.0. The Morgan fingerprint density at radius 2 is 1.67 bits per heavy atom. The molecule has 0 rings (SSSR count). The summed E-state index contributed by atoms with van der Waals surface area (Å²) in [6, 6.07) is -0.530. The normalized spacial score (nSPS) is 12.8. The van der Waals surface area contributed by atoms with Crippen molar-refractivity contribution in [2.45, 2.75) is 26.8 Å². The fourth-order valence-corrected chi connectivity index (χ4v) is 1.91. The standard InChI is InChI=1S/C14H27N3O4/c1-10(2)14(11(3)18)15-12(19)8-17(9-13(20)21)7-6-16(4)5/h10,14H,6-9H2,1-5H3,(H,15,19)(H,20,21). The molecule has 0 aliphatic rings. The second-order valence-corrected chi connectivity index (χ2v) is 5.81. The molecule has 0 aromatic carbocycles. The molecule has 0 aliphatic carbocycles. The fraction of sp³-hybridized carbons (Fsp3) is 0.786. The second kappa shape index (κ2) is 9.46. The van der Waals surface area contributed by atoms with E-state index in [0.29, 0.717) is 13.1 Å². The maximum absolute atomic E-state index is 12.0. The van der Waals surface area contributed by atoms with Crippen molar-refractivity contribution in [2.24, 2.45) is 5.92 Å². The van der Waals surface area contributed by atoms with Crippen LogP contribution < -0.4 is 5.32 Å². The summed E-state index contributed by atoms with van der Waals surface area (Å²) in [6.07, 6.45) is 0. The van der Waals surface area contributed by atoms with E-state index in [4.69, 9.17) is 5.11 Å². The number of aliphatic carboxylic acids is 1. The molecular formula is C14H27N3O4. The SMILES string of the molecule is CC(=O)C(NC(=O)CN(CCN(C)C)CC(=O)O)C(C)C. The van der Waals surface area contributed by atoms with E-state index >= 15 is 0 Å². The Morgan fingerprint density at radius 3 is 2.05 bits per heavy atom. The Bertz CT molecular complexity index is 369. The van der Waals surface area contributed by atoms with Crippen LogP contribution in [0, 0.1) is 5.92 Å². The van der Waals surface area contributed by atoms with Crippen molar-refractivity contribution in [1.29, 1.82) is 0 Å². The number of carbonyl (C=O) groups is 3. The highest BCUT2D eigenvalue weighted by atomic mass is 16.4. The minimum atomic E-state index is -0.978. The summed E-state index contributed by atoms with van der Waals surface area (Å²) in [7, 11) is 3.76. The average molecular weight is 301 g/mol. The molecule has 0 saturated carbocycles. The first-order valence-electron chi connectivity index (χ1n) is 7.02. The molecule has 0 bridgehead atoms. The smallest absolute Gasteiger partial charge is 0.317 e. The van der Waals surface area contributed by atoms with Crippen molar-refractivity contribution in [2.75, 3.05) is 40.3 Å². The van der Waals surface area contributed by atoms with Crippen molar-refractivity contribution >= 4 is 17.7 Å². The average Bonchev–Trinajstić information content (AvgIpc) is 2.31. The summed E-state index contributed by atoms with van der Waals surface area (Å²) in [5, 5.41) is 11.5. The largest absolute Gasteiger partial charge is 0.480 e. The van der Waals surface area contributed by atoms with Crippen LogP contribution >= 0.6 is 0 Å². The Hall–Kier alpha value is -1.47. The highest BCUT2D eigenvalue weighted by Gasteiger charge is 2.22. The third kappa shape index (κ3) is 9.14. The summed E-state index contributed by atoms with van der Waals surface area (Å²) in [5.41, 5.74) is 0. The number of carboxylic acids is 1. The van der Waals surface area contributed by atoms with Crippen LogP contribution in [0.2, 0.25) is 0 Å². The zero-order valence-corrected chi connectivity index (χ0v) is 13.5. The highest BCUT2D eigenvalue weighted by Crippen LogP contribution is 2.03. The first-order chi connectivity index (χ1) is 9.63. The number of hydrogen-bond acceptors (Lipinski definition) is 5. The van der Waals surface area contributed by atoms with Gasteiger partial charge in [0.25, 0.3) is 0 Å². The molecule has 7 heteroatoms. The number of amides is 1. The lowest BCUT2D eigenvalue weighted by Crippen LogP contribution is -2.49. The van der Waals surface area contributed by atoms with E-state index in [1.54, 1.807) is 4.90 Å². The molecule has 1 unspecified atom stereocenters. The van der Waals surface area contributed by atoms with Crippen LogP contribution in [0.4, 0.5) is 0 Å². The number of carbonyl (C=O) groups excluding carboxylic acids is 2. The number of hydrogen-bond donors (Lipinski definition) is 2. The number of Topliss-reactive ketones (excluding diaryl/α,β-unsaturated/α-hetero) is 1. The molecule has 0 radical (unpaired) electrons. The number of ketones is 1. The number of nitrogens with one attached hydrogen (secondary N) is 1. The molecule has 21 heavy (non-hydrogen) atoms. The van der Waals surface area contributed by atoms with E-state index in [1.807, 2.05) is 32.8 Å². The van der Waals surface area contributed by atoms with E-state index in [0.717, 1.165) is 0 Å². The van der Waals surface area contributed by atoms with Gasteiger partial charge in [-0.25, -0.2) is 0 Å². The molecule has 1 amide bonds. The van der Waals surface area contributed by atoms with E-state index in [1.165, 1.54) is 6.92 Å². The van der Waals surface area contributed by atoms with E-state index in [9.17, 15) is 14.4 Å². The molecule has 0 spiro atoms. The van der Waals surface area contributed by atoms with Gasteiger partial charge in [-0.2, -0.15) is 0 Å². The Kier molecular flexibility index (Phi) is 8.80. The Balaban J connectivity index is 4.56. The van der Waals surface area contributed by atoms with Gasteiger partial charge in [0.05, 0.1) is 19.1 Å². The number of rotatable bonds is 10. The second-order valence-electron chi connectivity index (χ2n) is 5.81. The molecule has 7 nitrogen and oxygen atoms in total. The van der Waals surface area contributed by atoms with E-state index in [2.05, 4.69) is 5.32 Å². The van der Waals surface area contributed by atoms with Crippen LogP contribution in [-0.4, -0.2) is 78.9 Å². The van der Waals surface area contributed by atoms with Gasteiger partial charge in [-0.15, -0.1) is 0 Å². The molecule has 0 saturated heterocycles. The molecule has 1 atom stereocenters. The predicted octanol–water partition coefficient (Wildman–Crippen LogP) is -0.336. The van der Waals surface area contributed by atoms with Crippen LogP contribution in [0.15, 0.2) is 0 Å². The monoisotopic (exact) mass is 301 g/mol. The zero-order valence-electron chi connectivity index (χ0n) is 13.5. The molecule has 0 aromatic heterocycles. The molecule has 0 heterocycles. The van der Waals surface area contributed by atoms with Crippen LogP contribution in [-0.2, 0) is 14.4 Å². The summed E-state index contributed by atoms with van der Waals surface area (Å²) < 4.78 is 0. The Morgan fingerprint density at radius 1 is 1.10 bits per heavy atom. The summed E-state index contributed by atoms with van der Waals surface area (Å²) in [6.45, 7) is 6.04. The Labute approximate surface area is 126 Å². The predicted molar refractivity (Wildman–Crippen MR) is 80.1 cm³/mol. The lowest BCUT2D eigenvalue weighted by Gasteiger charge is -2.24. The van der Waals surface area contributed by atoms with Crippen molar-refractivity contribution in [1.82, 2.24) is 15.1 Å². The molecule has 0 aromatic rings. The number of carboxylic acid groups (broad SMARTS) is 1. The van der Waals surface area contributed by atoms with Gasteiger partial charge in [0, 0.05) is 13.1 Å². The number of likely N-dealkylation sites (N-methyl/N-ethyl adjacent to an activating group) is 1. The van der Waals surface area contributed by atoms with Crippen LogP contribution in [0.3, 0.4) is 0 Å². The van der Waals surface area contributed by atoms with Crippen molar-refractivity contribution < 1.29 is 19.5 Å². The van der Waals surface area contributed by atoms with Gasteiger partial charge in [0.2, 0.25) is 5.91 Å².